The first kappa shape index (κ1) is 17.0. The van der Waals surface area contributed by atoms with E-state index in [0.717, 1.165) is 40.9 Å². The zero-order valence-corrected chi connectivity index (χ0v) is 15.1. The second-order valence-electron chi connectivity index (χ2n) is 6.05. The average molecular weight is 340 g/mol. The Labute approximate surface area is 147 Å². The summed E-state index contributed by atoms with van der Waals surface area (Å²) in [6, 6.07) is 4.14. The van der Waals surface area contributed by atoms with Gasteiger partial charge in [0.15, 0.2) is 5.96 Å². The Morgan fingerprint density at radius 2 is 2.12 bits per heavy atom. The predicted molar refractivity (Wildman–Crippen MR) is 97.6 cm³/mol. The predicted octanol–water partition coefficient (Wildman–Crippen LogP) is 2.50. The fourth-order valence-corrected chi connectivity index (χ4v) is 2.62. The minimum Gasteiger partial charge on any atom is -0.361 e. The number of guanidine groups is 1. The molecular formula is C18H24N6O. The highest BCUT2D eigenvalue weighted by Crippen LogP contribution is 2.13. The number of rotatable bonds is 5. The number of aryl methyl sites for hydroxylation is 3. The van der Waals surface area contributed by atoms with Crippen molar-refractivity contribution in [3.63, 3.8) is 0 Å². The number of imidazole rings is 1. The Morgan fingerprint density at radius 3 is 2.84 bits per heavy atom. The molecule has 3 rings (SSSR count). The van der Waals surface area contributed by atoms with E-state index in [1.54, 1.807) is 0 Å². The molecule has 132 valence electrons. The van der Waals surface area contributed by atoms with Crippen LogP contribution in [0.25, 0.3) is 5.65 Å². The molecule has 3 heterocycles. The molecule has 0 aromatic carbocycles. The number of fused-ring (bicyclic) bond motifs is 1. The van der Waals surface area contributed by atoms with E-state index in [0.29, 0.717) is 13.1 Å². The van der Waals surface area contributed by atoms with Gasteiger partial charge >= 0.3 is 0 Å². The molecule has 7 nitrogen and oxygen atoms in total. The smallest absolute Gasteiger partial charge is 0.191 e. The number of hydrogen-bond donors (Lipinski definition) is 2. The fourth-order valence-electron chi connectivity index (χ4n) is 2.62. The molecule has 0 aliphatic rings. The van der Waals surface area contributed by atoms with E-state index in [1.807, 2.05) is 37.6 Å². The summed E-state index contributed by atoms with van der Waals surface area (Å²) in [4.78, 5) is 9.26. The Kier molecular flexibility index (Phi) is 5.02. The number of pyridine rings is 1. The second-order valence-corrected chi connectivity index (χ2v) is 6.05. The highest BCUT2D eigenvalue weighted by Gasteiger charge is 2.09. The lowest BCUT2D eigenvalue weighted by Crippen LogP contribution is -2.36. The molecule has 2 N–H and O–H groups in total. The van der Waals surface area contributed by atoms with Gasteiger partial charge in [0, 0.05) is 24.5 Å². The van der Waals surface area contributed by atoms with E-state index in [2.05, 4.69) is 44.8 Å². The molecule has 0 spiro atoms. The average Bonchev–Trinajstić information content (AvgIpc) is 3.13. The summed E-state index contributed by atoms with van der Waals surface area (Å²) in [6.07, 6.45) is 4.05. The maximum atomic E-state index is 5.19. The Balaban J connectivity index is 1.69. The number of nitrogens with one attached hydrogen (secondary N) is 2. The minimum absolute atomic E-state index is 0.529. The third-order valence-corrected chi connectivity index (χ3v) is 4.02. The van der Waals surface area contributed by atoms with Crippen LogP contribution in [0.4, 0.5) is 0 Å². The van der Waals surface area contributed by atoms with Crippen LogP contribution >= 0.6 is 0 Å². The third-order valence-electron chi connectivity index (χ3n) is 4.02. The number of hydrogen-bond acceptors (Lipinski definition) is 4. The monoisotopic (exact) mass is 340 g/mol. The van der Waals surface area contributed by atoms with Gasteiger partial charge in [-0.1, -0.05) is 5.16 Å². The first-order valence-corrected chi connectivity index (χ1v) is 8.45. The van der Waals surface area contributed by atoms with Gasteiger partial charge in [-0.05, 0) is 45.4 Å². The number of aromatic nitrogens is 3. The summed E-state index contributed by atoms with van der Waals surface area (Å²) < 4.78 is 7.21. The van der Waals surface area contributed by atoms with Crippen LogP contribution in [0.15, 0.2) is 34.0 Å². The summed E-state index contributed by atoms with van der Waals surface area (Å²) in [5.41, 5.74) is 5.03. The van der Waals surface area contributed by atoms with Gasteiger partial charge in [-0.3, -0.25) is 0 Å². The molecule has 0 saturated heterocycles. The van der Waals surface area contributed by atoms with Crippen LogP contribution < -0.4 is 10.6 Å². The van der Waals surface area contributed by atoms with Crippen molar-refractivity contribution in [3.05, 3.63) is 52.8 Å². The molecule has 0 radical (unpaired) electrons. The van der Waals surface area contributed by atoms with Gasteiger partial charge in [0.05, 0.1) is 24.5 Å². The van der Waals surface area contributed by atoms with E-state index in [1.165, 1.54) is 5.56 Å². The molecule has 7 heteroatoms. The minimum atomic E-state index is 0.529. The van der Waals surface area contributed by atoms with Crippen molar-refractivity contribution >= 4 is 11.6 Å². The van der Waals surface area contributed by atoms with Crippen molar-refractivity contribution < 1.29 is 4.52 Å². The van der Waals surface area contributed by atoms with Crippen molar-refractivity contribution in [1.82, 2.24) is 25.2 Å². The van der Waals surface area contributed by atoms with Crippen LogP contribution in [0, 0.1) is 20.8 Å². The lowest BCUT2D eigenvalue weighted by molar-refractivity contribution is 0.392. The zero-order chi connectivity index (χ0) is 17.8. The van der Waals surface area contributed by atoms with Gasteiger partial charge in [-0.15, -0.1) is 0 Å². The molecule has 0 fully saturated rings. The summed E-state index contributed by atoms with van der Waals surface area (Å²) in [5, 5.41) is 10.5. The van der Waals surface area contributed by atoms with E-state index in [9.17, 15) is 0 Å². The zero-order valence-electron chi connectivity index (χ0n) is 15.1. The first-order chi connectivity index (χ1) is 12.1. The van der Waals surface area contributed by atoms with E-state index in [4.69, 9.17) is 4.52 Å². The second kappa shape index (κ2) is 7.38. The Morgan fingerprint density at radius 1 is 1.28 bits per heavy atom. The van der Waals surface area contributed by atoms with Gasteiger partial charge in [0.25, 0.3) is 0 Å². The van der Waals surface area contributed by atoms with E-state index < -0.39 is 0 Å². The fraction of sp³-hybridized carbons (Fsp3) is 0.389. The maximum Gasteiger partial charge on any atom is 0.191 e. The molecule has 25 heavy (non-hydrogen) atoms. The molecule has 0 aliphatic heterocycles. The van der Waals surface area contributed by atoms with Crippen molar-refractivity contribution in [2.24, 2.45) is 4.99 Å². The highest BCUT2D eigenvalue weighted by atomic mass is 16.5. The number of nitrogens with zero attached hydrogens (tertiary/aromatic N) is 4. The van der Waals surface area contributed by atoms with Gasteiger partial charge in [0.1, 0.15) is 11.4 Å². The van der Waals surface area contributed by atoms with Crippen LogP contribution in [0.5, 0.6) is 0 Å². The number of aliphatic imine (C=N–C) groups is 1. The van der Waals surface area contributed by atoms with Crippen LogP contribution in [0.3, 0.4) is 0 Å². The van der Waals surface area contributed by atoms with Crippen LogP contribution in [0.2, 0.25) is 0 Å². The van der Waals surface area contributed by atoms with Crippen molar-refractivity contribution in [2.45, 2.75) is 40.8 Å². The van der Waals surface area contributed by atoms with Crippen molar-refractivity contribution in [2.75, 3.05) is 6.54 Å². The SMILES string of the molecule is CCNC(=NCc1c(C)noc1C)NCc1cn2ccc(C)cc2n1. The summed E-state index contributed by atoms with van der Waals surface area (Å²) in [5.74, 6) is 1.56. The maximum absolute atomic E-state index is 5.19. The normalized spacial score (nSPS) is 11.9. The first-order valence-electron chi connectivity index (χ1n) is 8.45. The molecule has 0 amide bonds. The quantitative estimate of drug-likeness (QED) is 0.551. The molecule has 0 atom stereocenters. The Bertz CT molecular complexity index is 873. The topological polar surface area (TPSA) is 79.8 Å². The molecule has 0 saturated carbocycles. The van der Waals surface area contributed by atoms with Gasteiger partial charge < -0.3 is 19.6 Å². The van der Waals surface area contributed by atoms with Crippen LogP contribution in [-0.2, 0) is 13.1 Å². The lowest BCUT2D eigenvalue weighted by atomic mass is 10.2. The summed E-state index contributed by atoms with van der Waals surface area (Å²) in [6.45, 7) is 9.87. The van der Waals surface area contributed by atoms with Gasteiger partial charge in [0.2, 0.25) is 0 Å². The van der Waals surface area contributed by atoms with Gasteiger partial charge in [-0.2, -0.15) is 0 Å². The molecule has 3 aromatic rings. The molecule has 0 aliphatic carbocycles. The van der Waals surface area contributed by atoms with Crippen molar-refractivity contribution in [3.8, 4) is 0 Å². The standard InChI is InChI=1S/C18H24N6O/c1-5-19-18(21-10-16-13(3)23-25-14(16)4)20-9-15-11-24-7-6-12(2)8-17(24)22-15/h6-8,11H,5,9-10H2,1-4H3,(H2,19,20,21). The summed E-state index contributed by atoms with van der Waals surface area (Å²) >= 11 is 0. The lowest BCUT2D eigenvalue weighted by Gasteiger charge is -2.10. The van der Waals surface area contributed by atoms with Crippen LogP contribution in [0.1, 0.15) is 35.2 Å². The summed E-state index contributed by atoms with van der Waals surface area (Å²) in [7, 11) is 0. The highest BCUT2D eigenvalue weighted by molar-refractivity contribution is 5.79. The van der Waals surface area contributed by atoms with Crippen LogP contribution in [-0.4, -0.2) is 27.0 Å². The van der Waals surface area contributed by atoms with E-state index in [-0.39, 0.29) is 0 Å². The molecule has 0 bridgehead atoms. The Hall–Kier alpha value is -2.83. The largest absolute Gasteiger partial charge is 0.361 e. The van der Waals surface area contributed by atoms with Gasteiger partial charge in [-0.25, -0.2) is 9.98 Å². The van der Waals surface area contributed by atoms with E-state index >= 15 is 0 Å². The molecular weight excluding hydrogens is 316 g/mol. The molecule has 3 aromatic heterocycles. The molecule has 0 unspecified atom stereocenters. The van der Waals surface area contributed by atoms with Crippen molar-refractivity contribution in [1.29, 1.82) is 0 Å². The third kappa shape index (κ3) is 3.99.